The van der Waals surface area contributed by atoms with Crippen molar-refractivity contribution in [3.05, 3.63) is 35.4 Å². The lowest BCUT2D eigenvalue weighted by molar-refractivity contribution is 0.0762. The number of likely N-dealkylation sites (N-methyl/N-ethyl adjacent to an activating group) is 1. The summed E-state index contributed by atoms with van der Waals surface area (Å²) in [6.07, 6.45) is 0.993. The third kappa shape index (κ3) is 3.60. The summed E-state index contributed by atoms with van der Waals surface area (Å²) >= 11 is 0. The molecule has 106 valence electrons. The highest BCUT2D eigenvalue weighted by Crippen LogP contribution is 2.13. The topological polar surface area (TPSA) is 43.8 Å². The van der Waals surface area contributed by atoms with Gasteiger partial charge in [0.15, 0.2) is 0 Å². The van der Waals surface area contributed by atoms with Gasteiger partial charge in [-0.2, -0.15) is 0 Å². The fourth-order valence-electron chi connectivity index (χ4n) is 2.33. The third-order valence-electron chi connectivity index (χ3n) is 3.47. The Labute approximate surface area is 120 Å². The van der Waals surface area contributed by atoms with E-state index in [0.717, 1.165) is 32.6 Å². The number of benzene rings is 1. The monoisotopic (exact) mass is 272 g/mol. The number of amides is 1. The summed E-state index contributed by atoms with van der Waals surface area (Å²) < 4.78 is 0. The predicted molar refractivity (Wildman–Crippen MR) is 78.4 cm³/mol. The molecule has 0 spiro atoms. The van der Waals surface area contributed by atoms with E-state index in [1.54, 1.807) is 6.07 Å². The minimum atomic E-state index is -0.197. The summed E-state index contributed by atoms with van der Waals surface area (Å²) in [6.45, 7) is 3.25. The molecule has 1 aliphatic rings. The number of nitrogens with zero attached hydrogens (tertiary/aromatic N) is 2. The molecule has 1 N–H and O–H groups in total. The van der Waals surface area contributed by atoms with Gasteiger partial charge >= 0.3 is 0 Å². The molecule has 1 fully saturated rings. The molecule has 0 radical (unpaired) electrons. The molecule has 4 nitrogen and oxygen atoms in total. The Hall–Kier alpha value is -1.83. The maximum atomic E-state index is 12.6. The first-order valence-corrected chi connectivity index (χ1v) is 6.89. The summed E-state index contributed by atoms with van der Waals surface area (Å²) in [5, 5.41) is 8.80. The van der Waals surface area contributed by atoms with E-state index in [4.69, 9.17) is 5.11 Å². The van der Waals surface area contributed by atoms with E-state index in [0.29, 0.717) is 11.1 Å². The van der Waals surface area contributed by atoms with Gasteiger partial charge in [-0.05, 0) is 32.1 Å². The highest BCUT2D eigenvalue weighted by atomic mass is 16.2. The number of hydrogen-bond donors (Lipinski definition) is 1. The van der Waals surface area contributed by atoms with E-state index in [1.807, 2.05) is 23.1 Å². The van der Waals surface area contributed by atoms with Crippen molar-refractivity contribution < 1.29 is 9.90 Å². The molecule has 0 aliphatic carbocycles. The van der Waals surface area contributed by atoms with Crippen molar-refractivity contribution >= 4 is 5.91 Å². The first kappa shape index (κ1) is 14.6. The highest BCUT2D eigenvalue weighted by molar-refractivity contribution is 5.96. The van der Waals surface area contributed by atoms with Crippen LogP contribution in [0.2, 0.25) is 0 Å². The van der Waals surface area contributed by atoms with Gasteiger partial charge in [0.1, 0.15) is 6.61 Å². The summed E-state index contributed by atoms with van der Waals surface area (Å²) in [6, 6.07) is 7.33. The summed E-state index contributed by atoms with van der Waals surface area (Å²) in [4.78, 5) is 16.8. The van der Waals surface area contributed by atoms with Gasteiger partial charge in [-0.25, -0.2) is 0 Å². The van der Waals surface area contributed by atoms with Crippen LogP contribution in [-0.2, 0) is 0 Å². The quantitative estimate of drug-likeness (QED) is 0.769. The van der Waals surface area contributed by atoms with Gasteiger partial charge in [0.25, 0.3) is 5.91 Å². The van der Waals surface area contributed by atoms with Crippen LogP contribution in [0.4, 0.5) is 0 Å². The normalized spacial score (nSPS) is 16.2. The molecule has 1 aliphatic heterocycles. The molecule has 1 aromatic carbocycles. The van der Waals surface area contributed by atoms with E-state index in [1.165, 1.54) is 0 Å². The number of hydrogen-bond acceptors (Lipinski definition) is 3. The van der Waals surface area contributed by atoms with E-state index in [-0.39, 0.29) is 12.5 Å². The van der Waals surface area contributed by atoms with Gasteiger partial charge in [-0.3, -0.25) is 4.79 Å². The number of aliphatic hydroxyl groups is 1. The fraction of sp³-hybridized carbons (Fsp3) is 0.438. The second-order valence-electron chi connectivity index (χ2n) is 4.95. The number of carbonyl (C=O) groups excluding carboxylic acids is 1. The molecule has 1 heterocycles. The van der Waals surface area contributed by atoms with Crippen molar-refractivity contribution in [2.45, 2.75) is 6.42 Å². The Balaban J connectivity index is 2.20. The largest absolute Gasteiger partial charge is 0.384 e. The van der Waals surface area contributed by atoms with Crippen LogP contribution in [0.15, 0.2) is 24.3 Å². The molecule has 0 bridgehead atoms. The van der Waals surface area contributed by atoms with Gasteiger partial charge in [0.05, 0.1) is 5.56 Å². The second kappa shape index (κ2) is 7.09. The maximum absolute atomic E-state index is 12.6. The van der Waals surface area contributed by atoms with Gasteiger partial charge in [-0.15, -0.1) is 0 Å². The predicted octanol–water partition coefficient (Wildman–Crippen LogP) is 0.808. The van der Waals surface area contributed by atoms with Crippen molar-refractivity contribution in [3.8, 4) is 11.8 Å². The zero-order chi connectivity index (χ0) is 14.4. The highest BCUT2D eigenvalue weighted by Gasteiger charge is 2.20. The number of rotatable bonds is 1. The van der Waals surface area contributed by atoms with E-state index in [2.05, 4.69) is 23.8 Å². The molecule has 4 heteroatoms. The van der Waals surface area contributed by atoms with Crippen LogP contribution in [0, 0.1) is 11.8 Å². The summed E-state index contributed by atoms with van der Waals surface area (Å²) in [7, 11) is 2.08. The zero-order valence-corrected chi connectivity index (χ0v) is 11.8. The molecule has 1 saturated heterocycles. The summed E-state index contributed by atoms with van der Waals surface area (Å²) in [5.74, 6) is 5.49. The second-order valence-corrected chi connectivity index (χ2v) is 4.95. The molecule has 0 saturated carbocycles. The van der Waals surface area contributed by atoms with E-state index >= 15 is 0 Å². The molecule has 0 atom stereocenters. The molecule has 1 aromatic rings. The Kier molecular flexibility index (Phi) is 5.16. The lowest BCUT2D eigenvalue weighted by atomic mass is 10.1. The zero-order valence-electron chi connectivity index (χ0n) is 11.8. The van der Waals surface area contributed by atoms with E-state index in [9.17, 15) is 4.79 Å². The van der Waals surface area contributed by atoms with Crippen LogP contribution in [-0.4, -0.2) is 60.6 Å². The van der Waals surface area contributed by atoms with Crippen molar-refractivity contribution in [1.29, 1.82) is 0 Å². The Bertz CT molecular complexity index is 531. The average molecular weight is 272 g/mol. The molecular weight excluding hydrogens is 252 g/mol. The molecule has 2 rings (SSSR count). The van der Waals surface area contributed by atoms with Crippen LogP contribution >= 0.6 is 0 Å². The SMILES string of the molecule is CN1CCCN(C(=O)c2ccccc2C#CCO)CC1. The van der Waals surface area contributed by atoms with Gasteiger partial charge in [0.2, 0.25) is 0 Å². The minimum Gasteiger partial charge on any atom is -0.384 e. The first-order valence-electron chi connectivity index (χ1n) is 6.89. The minimum absolute atomic E-state index is 0.0307. The Morgan fingerprint density at radius 2 is 2.05 bits per heavy atom. The molecule has 0 aromatic heterocycles. The van der Waals surface area contributed by atoms with E-state index < -0.39 is 0 Å². The van der Waals surface area contributed by atoms with Crippen molar-refractivity contribution in [3.63, 3.8) is 0 Å². The molecule has 0 unspecified atom stereocenters. The number of aliphatic hydroxyl groups excluding tert-OH is 1. The summed E-state index contributed by atoms with van der Waals surface area (Å²) in [5.41, 5.74) is 1.31. The first-order chi connectivity index (χ1) is 9.72. The van der Waals surface area contributed by atoms with Crippen LogP contribution in [0.1, 0.15) is 22.3 Å². The average Bonchev–Trinajstić information content (AvgIpc) is 2.69. The Morgan fingerprint density at radius 3 is 2.85 bits per heavy atom. The van der Waals surface area contributed by atoms with Gasteiger partial charge in [0, 0.05) is 25.2 Å². The van der Waals surface area contributed by atoms with Crippen LogP contribution in [0.25, 0.3) is 0 Å². The smallest absolute Gasteiger partial charge is 0.255 e. The van der Waals surface area contributed by atoms with Gasteiger partial charge in [-0.1, -0.05) is 24.0 Å². The molecular formula is C16H20N2O2. The van der Waals surface area contributed by atoms with Crippen molar-refractivity contribution in [2.75, 3.05) is 39.8 Å². The van der Waals surface area contributed by atoms with Crippen molar-refractivity contribution in [2.24, 2.45) is 0 Å². The third-order valence-corrected chi connectivity index (χ3v) is 3.47. The lowest BCUT2D eigenvalue weighted by Crippen LogP contribution is -2.34. The van der Waals surface area contributed by atoms with Gasteiger partial charge < -0.3 is 14.9 Å². The van der Waals surface area contributed by atoms with Crippen molar-refractivity contribution in [1.82, 2.24) is 9.80 Å². The number of carbonyl (C=O) groups is 1. The maximum Gasteiger partial charge on any atom is 0.255 e. The lowest BCUT2D eigenvalue weighted by Gasteiger charge is -2.21. The van der Waals surface area contributed by atoms with Crippen LogP contribution in [0.5, 0.6) is 0 Å². The molecule has 20 heavy (non-hydrogen) atoms. The van der Waals surface area contributed by atoms with Crippen LogP contribution < -0.4 is 0 Å². The van der Waals surface area contributed by atoms with Crippen LogP contribution in [0.3, 0.4) is 0 Å². The Morgan fingerprint density at radius 1 is 1.25 bits per heavy atom. The molecule has 1 amide bonds. The fourth-order valence-corrected chi connectivity index (χ4v) is 2.33. The standard InChI is InChI=1S/C16H20N2O2/c1-17-9-5-10-18(12-11-17)16(20)15-8-3-2-6-14(15)7-4-13-19/h2-3,6,8,19H,5,9-13H2,1H3.